The van der Waals surface area contributed by atoms with E-state index in [9.17, 15) is 0 Å². The van der Waals surface area contributed by atoms with Crippen LogP contribution in [0, 0.1) is 0 Å². The van der Waals surface area contributed by atoms with Crippen molar-refractivity contribution in [2.45, 2.75) is 0 Å². The van der Waals surface area contributed by atoms with Gasteiger partial charge in [0.1, 0.15) is 0 Å². The summed E-state index contributed by atoms with van der Waals surface area (Å²) in [6.45, 7) is 7.04. The number of hydrogen-bond acceptors (Lipinski definition) is 1. The highest BCUT2D eigenvalue weighted by Crippen LogP contribution is 2.26. The smallest absolute Gasteiger partial charge is 0.0709 e. The zero-order chi connectivity index (χ0) is 8.27. The Balaban J connectivity index is 3.22. The molecule has 1 aromatic carbocycles. The monoisotopic (exact) mass is 165 g/mol. The molecule has 0 radical (unpaired) electrons. The van der Waals surface area contributed by atoms with Crippen LogP contribution in [0.2, 0.25) is 0 Å². The minimum Gasteiger partial charge on any atom is -0.264 e. The van der Waals surface area contributed by atoms with Crippen molar-refractivity contribution in [3.63, 3.8) is 0 Å². The molecule has 0 atom stereocenters. The third kappa shape index (κ3) is 1.69. The zero-order valence-corrected chi connectivity index (χ0v) is 6.80. The van der Waals surface area contributed by atoms with Crippen LogP contribution >= 0.6 is 11.6 Å². The van der Waals surface area contributed by atoms with Gasteiger partial charge in [-0.2, -0.15) is 0 Å². The molecule has 1 aromatic rings. The molecular weight excluding hydrogens is 158 g/mol. The Kier molecular flexibility index (Phi) is 2.44. The summed E-state index contributed by atoms with van der Waals surface area (Å²) in [7, 11) is 0. The van der Waals surface area contributed by atoms with Crippen molar-refractivity contribution >= 4 is 29.0 Å². The first-order valence-corrected chi connectivity index (χ1v) is 3.54. The van der Waals surface area contributed by atoms with Crippen LogP contribution in [-0.2, 0) is 0 Å². The molecule has 0 unspecified atom stereocenters. The van der Waals surface area contributed by atoms with Crippen molar-refractivity contribution in [1.82, 2.24) is 0 Å². The fraction of sp³-hybridized carbons (Fsp3) is 0. The average molecular weight is 166 g/mol. The minimum atomic E-state index is 0.494. The second-order valence-electron chi connectivity index (χ2n) is 2.08. The lowest BCUT2D eigenvalue weighted by atomic mass is 10.2. The molecule has 0 aliphatic carbocycles. The van der Waals surface area contributed by atoms with E-state index in [2.05, 4.69) is 18.3 Å². The summed E-state index contributed by atoms with van der Waals surface area (Å²) in [4.78, 5) is 3.80. The van der Waals surface area contributed by atoms with Crippen molar-refractivity contribution < 1.29 is 0 Å². The quantitative estimate of drug-likeness (QED) is 0.597. The van der Waals surface area contributed by atoms with Crippen LogP contribution in [0.3, 0.4) is 0 Å². The highest BCUT2D eigenvalue weighted by atomic mass is 35.5. The van der Waals surface area contributed by atoms with Crippen LogP contribution in [0.1, 0.15) is 5.56 Å². The molecule has 0 bridgehead atoms. The summed E-state index contributed by atoms with van der Waals surface area (Å²) in [5, 5.41) is 0.494. The van der Waals surface area contributed by atoms with E-state index in [1.165, 1.54) is 0 Å². The van der Waals surface area contributed by atoms with Crippen molar-refractivity contribution in [1.29, 1.82) is 0 Å². The van der Waals surface area contributed by atoms with E-state index in [0.29, 0.717) is 5.03 Å². The number of hydrogen-bond donors (Lipinski definition) is 0. The SMILES string of the molecule is C=Nc1ccccc1C(=C)Cl. The van der Waals surface area contributed by atoms with E-state index in [0.717, 1.165) is 11.3 Å². The molecule has 0 heterocycles. The molecule has 0 aliphatic heterocycles. The Labute approximate surface area is 71.0 Å². The van der Waals surface area contributed by atoms with Gasteiger partial charge in [0, 0.05) is 10.6 Å². The Hall–Kier alpha value is -1.08. The van der Waals surface area contributed by atoms with Crippen LogP contribution in [0.25, 0.3) is 5.03 Å². The Morgan fingerprint density at radius 3 is 2.45 bits per heavy atom. The van der Waals surface area contributed by atoms with Crippen LogP contribution in [0.4, 0.5) is 5.69 Å². The van der Waals surface area contributed by atoms with Gasteiger partial charge in [-0.1, -0.05) is 36.4 Å². The summed E-state index contributed by atoms with van der Waals surface area (Å²) in [5.74, 6) is 0. The molecule has 0 aromatic heterocycles. The van der Waals surface area contributed by atoms with E-state index in [-0.39, 0.29) is 0 Å². The summed E-state index contributed by atoms with van der Waals surface area (Å²) >= 11 is 5.70. The number of nitrogens with zero attached hydrogens (tertiary/aromatic N) is 1. The van der Waals surface area contributed by atoms with E-state index < -0.39 is 0 Å². The summed E-state index contributed by atoms with van der Waals surface area (Å²) in [6.07, 6.45) is 0. The fourth-order valence-electron chi connectivity index (χ4n) is 0.841. The molecule has 11 heavy (non-hydrogen) atoms. The lowest BCUT2D eigenvalue weighted by molar-refractivity contribution is 1.52. The fourth-order valence-corrected chi connectivity index (χ4v) is 1.00. The van der Waals surface area contributed by atoms with Gasteiger partial charge >= 0.3 is 0 Å². The lowest BCUT2D eigenvalue weighted by Crippen LogP contribution is -1.75. The maximum absolute atomic E-state index is 5.70. The van der Waals surface area contributed by atoms with Gasteiger partial charge in [0.2, 0.25) is 0 Å². The maximum atomic E-state index is 5.70. The molecular formula is C9H8ClN. The first-order chi connectivity index (χ1) is 5.25. The first kappa shape index (κ1) is 8.02. The highest BCUT2D eigenvalue weighted by molar-refractivity contribution is 6.48. The Morgan fingerprint density at radius 1 is 1.36 bits per heavy atom. The second-order valence-corrected chi connectivity index (χ2v) is 2.54. The second kappa shape index (κ2) is 3.35. The van der Waals surface area contributed by atoms with Crippen LogP contribution in [-0.4, -0.2) is 6.72 Å². The zero-order valence-electron chi connectivity index (χ0n) is 6.05. The van der Waals surface area contributed by atoms with Gasteiger partial charge in [-0.25, -0.2) is 0 Å². The van der Waals surface area contributed by atoms with E-state index in [1.54, 1.807) is 0 Å². The number of aliphatic imine (C=N–C) groups is 1. The van der Waals surface area contributed by atoms with Crippen molar-refractivity contribution in [2.24, 2.45) is 4.99 Å². The van der Waals surface area contributed by atoms with Crippen LogP contribution in [0.5, 0.6) is 0 Å². The van der Waals surface area contributed by atoms with E-state index in [1.807, 2.05) is 24.3 Å². The molecule has 0 amide bonds. The Morgan fingerprint density at radius 2 is 2.00 bits per heavy atom. The third-order valence-corrected chi connectivity index (χ3v) is 1.57. The normalized spacial score (nSPS) is 9.18. The highest BCUT2D eigenvalue weighted by Gasteiger charge is 1.99. The van der Waals surface area contributed by atoms with Crippen LogP contribution in [0.15, 0.2) is 35.8 Å². The van der Waals surface area contributed by atoms with Crippen LogP contribution < -0.4 is 0 Å². The molecule has 2 heteroatoms. The number of rotatable bonds is 2. The molecule has 0 spiro atoms. The molecule has 0 saturated carbocycles. The molecule has 1 nitrogen and oxygen atoms in total. The predicted octanol–water partition coefficient (Wildman–Crippen LogP) is 3.23. The van der Waals surface area contributed by atoms with Gasteiger partial charge < -0.3 is 0 Å². The summed E-state index contributed by atoms with van der Waals surface area (Å²) in [5.41, 5.74) is 1.61. The molecule has 0 N–H and O–H groups in total. The molecule has 1 rings (SSSR count). The predicted molar refractivity (Wildman–Crippen MR) is 50.5 cm³/mol. The number of benzene rings is 1. The third-order valence-electron chi connectivity index (χ3n) is 1.37. The van der Waals surface area contributed by atoms with Gasteiger partial charge in [0.25, 0.3) is 0 Å². The lowest BCUT2D eigenvalue weighted by Gasteiger charge is -2.00. The molecule has 56 valence electrons. The van der Waals surface area contributed by atoms with Crippen molar-refractivity contribution in [2.75, 3.05) is 0 Å². The maximum Gasteiger partial charge on any atom is 0.0709 e. The first-order valence-electron chi connectivity index (χ1n) is 3.16. The van der Waals surface area contributed by atoms with Gasteiger partial charge in [-0.05, 0) is 12.8 Å². The minimum absolute atomic E-state index is 0.494. The van der Waals surface area contributed by atoms with Gasteiger partial charge in [0.05, 0.1) is 5.69 Å². The number of para-hydroxylation sites is 1. The van der Waals surface area contributed by atoms with Gasteiger partial charge in [-0.15, -0.1) is 0 Å². The van der Waals surface area contributed by atoms with Crippen molar-refractivity contribution in [3.05, 3.63) is 36.4 Å². The average Bonchev–Trinajstić information content (AvgIpc) is 2.04. The Bertz CT molecular complexity index is 291. The van der Waals surface area contributed by atoms with E-state index >= 15 is 0 Å². The number of halogens is 1. The molecule has 0 saturated heterocycles. The van der Waals surface area contributed by atoms with Crippen molar-refractivity contribution in [3.8, 4) is 0 Å². The molecule has 0 fully saturated rings. The standard InChI is InChI=1S/C9H8ClN/c1-7(10)8-5-3-4-6-9(8)11-2/h3-6H,1-2H2. The molecule has 0 aliphatic rings. The summed E-state index contributed by atoms with van der Waals surface area (Å²) in [6, 6.07) is 7.47. The van der Waals surface area contributed by atoms with E-state index in [4.69, 9.17) is 11.6 Å². The largest absolute Gasteiger partial charge is 0.264 e. The summed E-state index contributed by atoms with van der Waals surface area (Å²) < 4.78 is 0. The topological polar surface area (TPSA) is 12.4 Å². The van der Waals surface area contributed by atoms with Gasteiger partial charge in [0.15, 0.2) is 0 Å². The van der Waals surface area contributed by atoms with Gasteiger partial charge in [-0.3, -0.25) is 4.99 Å².